The molecule has 9 heteroatoms. The van der Waals surface area contributed by atoms with E-state index in [4.69, 9.17) is 23.2 Å². The summed E-state index contributed by atoms with van der Waals surface area (Å²) in [6, 6.07) is 1.65. The minimum absolute atomic E-state index is 0.289. The van der Waals surface area contributed by atoms with Crippen LogP contribution in [-0.2, 0) is 0 Å². The normalized spacial score (nSPS) is 11.6. The largest absolute Gasteiger partial charge is 0.446 e. The maximum Gasteiger partial charge on any atom is 0.446 e. The van der Waals surface area contributed by atoms with Crippen molar-refractivity contribution in [3.63, 3.8) is 0 Å². The van der Waals surface area contributed by atoms with Crippen LogP contribution in [0.5, 0.6) is 0 Å². The topological polar surface area (TPSA) is 43.1 Å². The highest BCUT2D eigenvalue weighted by Gasteiger charge is 2.31. The molecule has 3 nitrogen and oxygen atoms in total. The van der Waals surface area contributed by atoms with Gasteiger partial charge < -0.3 is 0 Å². The average molecular weight is 292 g/mol. The van der Waals surface area contributed by atoms with Crippen LogP contribution in [0, 0.1) is 10.1 Å². The van der Waals surface area contributed by atoms with E-state index < -0.39 is 27.9 Å². The van der Waals surface area contributed by atoms with Gasteiger partial charge in [0, 0.05) is 11.0 Å². The number of halogens is 5. The molecule has 0 heterocycles. The highest BCUT2D eigenvalue weighted by molar-refractivity contribution is 8.00. The van der Waals surface area contributed by atoms with E-state index >= 15 is 0 Å². The number of benzene rings is 1. The Labute approximate surface area is 102 Å². The molecule has 0 N–H and O–H groups in total. The van der Waals surface area contributed by atoms with Gasteiger partial charge in [0.05, 0.1) is 9.95 Å². The van der Waals surface area contributed by atoms with Crippen LogP contribution < -0.4 is 0 Å². The first-order chi connectivity index (χ1) is 7.20. The van der Waals surface area contributed by atoms with Gasteiger partial charge in [0.25, 0.3) is 5.69 Å². The molecule has 1 rings (SSSR count). The van der Waals surface area contributed by atoms with Gasteiger partial charge in [-0.25, -0.2) is 0 Å². The molecule has 0 fully saturated rings. The predicted octanol–water partition coefficient (Wildman–Crippen LogP) is 4.51. The Morgan fingerprint density at radius 1 is 1.31 bits per heavy atom. The molecule has 1 aromatic rings. The fourth-order valence-electron chi connectivity index (χ4n) is 0.876. The van der Waals surface area contributed by atoms with Crippen LogP contribution in [0.2, 0.25) is 10.0 Å². The zero-order valence-electron chi connectivity index (χ0n) is 7.22. The zero-order valence-corrected chi connectivity index (χ0v) is 9.54. The summed E-state index contributed by atoms with van der Waals surface area (Å²) in [7, 11) is 0. The molecule has 0 aliphatic rings. The van der Waals surface area contributed by atoms with E-state index in [0.29, 0.717) is 0 Å². The van der Waals surface area contributed by atoms with Crippen molar-refractivity contribution in [2.75, 3.05) is 0 Å². The van der Waals surface area contributed by atoms with E-state index in [1.54, 1.807) is 0 Å². The molecule has 0 saturated heterocycles. The van der Waals surface area contributed by atoms with Crippen molar-refractivity contribution < 1.29 is 18.1 Å². The van der Waals surface area contributed by atoms with E-state index in [9.17, 15) is 23.3 Å². The standard InChI is InChI=1S/C7H2Cl2F3NO2S/c8-4-1-3(16-7(10,11)12)2-5(6(4)9)13(14)15/h1-2H. The smallest absolute Gasteiger partial charge is 0.258 e. The van der Waals surface area contributed by atoms with Crippen molar-refractivity contribution in [2.24, 2.45) is 0 Å². The second kappa shape index (κ2) is 4.68. The molecule has 16 heavy (non-hydrogen) atoms. The second-order valence-electron chi connectivity index (χ2n) is 2.54. The summed E-state index contributed by atoms with van der Waals surface area (Å²) in [5, 5.41) is 9.80. The van der Waals surface area contributed by atoms with Crippen molar-refractivity contribution in [1.29, 1.82) is 0 Å². The van der Waals surface area contributed by atoms with E-state index in [1.807, 2.05) is 0 Å². The van der Waals surface area contributed by atoms with E-state index in [-0.39, 0.29) is 14.9 Å². The van der Waals surface area contributed by atoms with Crippen molar-refractivity contribution in [1.82, 2.24) is 0 Å². The number of nitrogens with zero attached hydrogens (tertiary/aromatic N) is 1. The van der Waals surface area contributed by atoms with Gasteiger partial charge in [-0.1, -0.05) is 23.2 Å². The minimum Gasteiger partial charge on any atom is -0.258 e. The van der Waals surface area contributed by atoms with Crippen LogP contribution in [0.15, 0.2) is 17.0 Å². The van der Waals surface area contributed by atoms with Crippen molar-refractivity contribution in [3.8, 4) is 0 Å². The molecule has 0 aliphatic heterocycles. The third-order valence-corrected chi connectivity index (χ3v) is 2.91. The van der Waals surface area contributed by atoms with Crippen molar-refractivity contribution in [2.45, 2.75) is 10.4 Å². The molecule has 0 amide bonds. The molecule has 0 unspecified atom stereocenters. The Kier molecular flexibility index (Phi) is 3.92. The Morgan fingerprint density at radius 2 is 1.88 bits per heavy atom. The van der Waals surface area contributed by atoms with E-state index in [2.05, 4.69) is 0 Å². The van der Waals surface area contributed by atoms with Crippen molar-refractivity contribution >= 4 is 40.7 Å². The van der Waals surface area contributed by atoms with Crippen LogP contribution in [0.1, 0.15) is 0 Å². The third kappa shape index (κ3) is 3.43. The molecule has 0 aliphatic carbocycles. The Hall–Kier alpha value is -0.660. The molecule has 0 radical (unpaired) electrons. The molecule has 88 valence electrons. The van der Waals surface area contributed by atoms with Gasteiger partial charge in [-0.15, -0.1) is 0 Å². The fourth-order valence-corrected chi connectivity index (χ4v) is 1.95. The maximum atomic E-state index is 12.0. The van der Waals surface area contributed by atoms with Crippen LogP contribution in [0.25, 0.3) is 0 Å². The molecule has 0 saturated carbocycles. The van der Waals surface area contributed by atoms with Crippen LogP contribution in [-0.4, -0.2) is 10.4 Å². The summed E-state index contributed by atoms with van der Waals surface area (Å²) in [6.07, 6.45) is 0. The molecule has 0 spiro atoms. The Morgan fingerprint density at radius 3 is 2.31 bits per heavy atom. The molecule has 1 aromatic carbocycles. The predicted molar refractivity (Wildman–Crippen MR) is 55.0 cm³/mol. The third-order valence-electron chi connectivity index (χ3n) is 1.41. The Bertz CT molecular complexity index is 438. The maximum absolute atomic E-state index is 12.0. The number of rotatable bonds is 2. The number of hydrogen-bond donors (Lipinski definition) is 0. The quantitative estimate of drug-likeness (QED) is 0.457. The highest BCUT2D eigenvalue weighted by Crippen LogP contribution is 2.42. The summed E-state index contributed by atoms with van der Waals surface area (Å²) in [5.41, 5.74) is -5.19. The first kappa shape index (κ1) is 13.4. The lowest BCUT2D eigenvalue weighted by atomic mass is 10.3. The average Bonchev–Trinajstić information content (AvgIpc) is 2.07. The number of thioether (sulfide) groups is 1. The highest BCUT2D eigenvalue weighted by atomic mass is 35.5. The summed E-state index contributed by atoms with van der Waals surface area (Å²) in [5.74, 6) is 0. The monoisotopic (exact) mass is 291 g/mol. The van der Waals surface area contributed by atoms with Gasteiger partial charge >= 0.3 is 5.51 Å². The molecular formula is C7H2Cl2F3NO2S. The fraction of sp³-hybridized carbons (Fsp3) is 0.143. The van der Waals surface area contributed by atoms with Crippen LogP contribution in [0.4, 0.5) is 18.9 Å². The summed E-state index contributed by atoms with van der Waals surface area (Å²) >= 11 is 10.4. The summed E-state index contributed by atoms with van der Waals surface area (Å²) < 4.78 is 36.1. The molecular weight excluding hydrogens is 290 g/mol. The van der Waals surface area contributed by atoms with Crippen molar-refractivity contribution in [3.05, 3.63) is 32.3 Å². The SMILES string of the molecule is O=[N+]([O-])c1cc(SC(F)(F)F)cc(Cl)c1Cl. The molecule has 0 bridgehead atoms. The molecule has 0 aromatic heterocycles. The summed E-state index contributed by atoms with van der Waals surface area (Å²) in [4.78, 5) is 9.19. The van der Waals surface area contributed by atoms with Crippen LogP contribution in [0.3, 0.4) is 0 Å². The van der Waals surface area contributed by atoms with Gasteiger partial charge in [-0.3, -0.25) is 10.1 Å². The lowest BCUT2D eigenvalue weighted by Crippen LogP contribution is -1.99. The lowest BCUT2D eigenvalue weighted by Gasteiger charge is -2.06. The lowest BCUT2D eigenvalue weighted by molar-refractivity contribution is -0.384. The molecule has 0 atom stereocenters. The minimum atomic E-state index is -4.54. The number of hydrogen-bond acceptors (Lipinski definition) is 3. The number of alkyl halides is 3. The number of nitro benzene ring substituents is 1. The first-order valence-electron chi connectivity index (χ1n) is 3.60. The van der Waals surface area contributed by atoms with Gasteiger partial charge in [0.2, 0.25) is 0 Å². The second-order valence-corrected chi connectivity index (χ2v) is 4.47. The van der Waals surface area contributed by atoms with Gasteiger partial charge in [-0.05, 0) is 17.8 Å². The van der Waals surface area contributed by atoms with Gasteiger partial charge in [0.15, 0.2) is 0 Å². The Balaban J connectivity index is 3.19. The van der Waals surface area contributed by atoms with E-state index in [1.165, 1.54) is 0 Å². The first-order valence-corrected chi connectivity index (χ1v) is 5.17. The van der Waals surface area contributed by atoms with E-state index in [0.717, 1.165) is 12.1 Å². The van der Waals surface area contributed by atoms with Gasteiger partial charge in [-0.2, -0.15) is 13.2 Å². The zero-order chi connectivity index (χ0) is 12.5. The van der Waals surface area contributed by atoms with Crippen LogP contribution >= 0.6 is 35.0 Å². The number of nitro groups is 1. The van der Waals surface area contributed by atoms with Gasteiger partial charge in [0.1, 0.15) is 5.02 Å². The summed E-state index contributed by atoms with van der Waals surface area (Å²) in [6.45, 7) is 0.